The van der Waals surface area contributed by atoms with E-state index in [2.05, 4.69) is 5.32 Å². The molecule has 138 valence electrons. The Morgan fingerprint density at radius 2 is 1.42 bits per heavy atom. The second-order valence-corrected chi connectivity index (χ2v) is 5.86. The van der Waals surface area contributed by atoms with Gasteiger partial charge in [-0.2, -0.15) is 13.2 Å². The number of benzene rings is 2. The van der Waals surface area contributed by atoms with Crippen LogP contribution in [-0.2, 0) is 17.6 Å². The van der Waals surface area contributed by atoms with Crippen LogP contribution in [0.2, 0.25) is 0 Å². The van der Waals surface area contributed by atoms with Crippen molar-refractivity contribution in [3.8, 4) is 0 Å². The number of hydrogen-bond donors (Lipinski definition) is 2. The van der Waals surface area contributed by atoms with Crippen LogP contribution in [-0.4, -0.2) is 23.2 Å². The predicted molar refractivity (Wildman–Crippen MR) is 91.2 cm³/mol. The molecule has 2 N–H and O–H groups in total. The van der Waals surface area contributed by atoms with Gasteiger partial charge in [0.25, 0.3) is 5.91 Å². The number of carboxylic acids is 1. The second kappa shape index (κ2) is 8.51. The predicted octanol–water partition coefficient (Wildman–Crippen LogP) is 4.45. The van der Waals surface area contributed by atoms with E-state index in [0.29, 0.717) is 23.2 Å². The van der Waals surface area contributed by atoms with Crippen molar-refractivity contribution in [3.05, 3.63) is 65.2 Å². The molecule has 0 bridgehead atoms. The quantitative estimate of drug-likeness (QED) is 0.762. The van der Waals surface area contributed by atoms with Gasteiger partial charge in [-0.25, -0.2) is 0 Å². The minimum Gasteiger partial charge on any atom is -0.481 e. The number of rotatable bonds is 7. The number of anilines is 1. The first kappa shape index (κ1) is 19.5. The van der Waals surface area contributed by atoms with E-state index >= 15 is 0 Å². The van der Waals surface area contributed by atoms with Crippen LogP contribution in [0.25, 0.3) is 0 Å². The lowest BCUT2D eigenvalue weighted by molar-refractivity contribution is -0.137. The van der Waals surface area contributed by atoms with Crippen molar-refractivity contribution in [3.63, 3.8) is 0 Å². The molecule has 2 rings (SSSR count). The van der Waals surface area contributed by atoms with Crippen LogP contribution in [0.3, 0.4) is 0 Å². The van der Waals surface area contributed by atoms with E-state index in [4.69, 9.17) is 5.11 Å². The molecule has 2 aromatic carbocycles. The summed E-state index contributed by atoms with van der Waals surface area (Å²) in [5.74, 6) is -1.24. The zero-order valence-corrected chi connectivity index (χ0v) is 13.8. The number of hydrogen-bond acceptors (Lipinski definition) is 2. The van der Waals surface area contributed by atoms with Gasteiger partial charge in [0.15, 0.2) is 0 Å². The number of nitrogens with one attached hydrogen (secondary N) is 1. The van der Waals surface area contributed by atoms with Crippen molar-refractivity contribution in [2.24, 2.45) is 0 Å². The molecule has 0 unspecified atom stereocenters. The lowest BCUT2D eigenvalue weighted by Gasteiger charge is -2.08. The summed E-state index contributed by atoms with van der Waals surface area (Å²) < 4.78 is 36.6. The van der Waals surface area contributed by atoms with Crippen molar-refractivity contribution < 1.29 is 27.9 Å². The minimum absolute atomic E-state index is 0.0341. The van der Waals surface area contributed by atoms with Crippen molar-refractivity contribution in [2.75, 3.05) is 5.32 Å². The van der Waals surface area contributed by atoms with Crippen LogP contribution in [0.15, 0.2) is 48.5 Å². The van der Waals surface area contributed by atoms with Crippen LogP contribution < -0.4 is 5.32 Å². The summed E-state index contributed by atoms with van der Waals surface area (Å²) in [5, 5.41) is 11.3. The molecule has 0 heterocycles. The molecule has 0 aliphatic rings. The first-order valence-corrected chi connectivity index (χ1v) is 8.01. The summed E-state index contributed by atoms with van der Waals surface area (Å²) in [5.41, 5.74) is 2.26. The number of carboxylic acid groups (broad SMARTS) is 1. The molecular formula is C19H18F3NO3. The third-order valence-corrected chi connectivity index (χ3v) is 3.75. The Kier molecular flexibility index (Phi) is 6.38. The number of amides is 1. The lowest BCUT2D eigenvalue weighted by Crippen LogP contribution is -2.12. The molecule has 0 saturated carbocycles. The Balaban J connectivity index is 1.91. The Morgan fingerprint density at radius 3 is 1.96 bits per heavy atom. The zero-order chi connectivity index (χ0) is 19.2. The molecule has 26 heavy (non-hydrogen) atoms. The molecule has 0 saturated heterocycles. The van der Waals surface area contributed by atoms with Gasteiger partial charge in [-0.1, -0.05) is 24.3 Å². The van der Waals surface area contributed by atoms with E-state index < -0.39 is 18.6 Å². The van der Waals surface area contributed by atoms with E-state index in [0.717, 1.165) is 5.56 Å². The Labute approximate surface area is 148 Å². The van der Waals surface area contributed by atoms with Crippen LogP contribution >= 0.6 is 0 Å². The molecular weight excluding hydrogens is 347 g/mol. The summed E-state index contributed by atoms with van der Waals surface area (Å²) >= 11 is 0. The molecule has 7 heteroatoms. The van der Waals surface area contributed by atoms with Gasteiger partial charge in [0, 0.05) is 24.1 Å². The normalized spacial score (nSPS) is 11.2. The van der Waals surface area contributed by atoms with Gasteiger partial charge in [-0.15, -0.1) is 0 Å². The fourth-order valence-corrected chi connectivity index (χ4v) is 2.32. The van der Waals surface area contributed by atoms with Crippen LogP contribution in [0, 0.1) is 0 Å². The fourth-order valence-electron chi connectivity index (χ4n) is 2.32. The first-order chi connectivity index (χ1) is 12.2. The maximum atomic E-state index is 12.2. The molecule has 0 aromatic heterocycles. The van der Waals surface area contributed by atoms with Crippen LogP contribution in [0.4, 0.5) is 18.9 Å². The van der Waals surface area contributed by atoms with Gasteiger partial charge in [0.2, 0.25) is 0 Å². The van der Waals surface area contributed by atoms with Crippen molar-refractivity contribution in [1.82, 2.24) is 0 Å². The highest BCUT2D eigenvalue weighted by molar-refractivity contribution is 6.04. The number of aryl methyl sites for hydroxylation is 2. The number of carbonyl (C=O) groups is 2. The van der Waals surface area contributed by atoms with Gasteiger partial charge in [0.05, 0.1) is 0 Å². The number of halogens is 3. The van der Waals surface area contributed by atoms with Gasteiger partial charge in [-0.05, 0) is 48.2 Å². The standard InChI is InChI=1S/C19H18F3NO3/c20-19(21,22)12-11-14-1-6-15(7-2-14)18(26)23-16-8-3-13(4-9-16)5-10-17(24)25/h1-4,6-9H,5,10-12H2,(H,23,26)(H,24,25). The summed E-state index contributed by atoms with van der Waals surface area (Å²) in [6.45, 7) is 0. The molecule has 0 aliphatic carbocycles. The van der Waals surface area contributed by atoms with E-state index in [1.165, 1.54) is 24.3 Å². The number of carbonyl (C=O) groups excluding carboxylic acids is 1. The first-order valence-electron chi connectivity index (χ1n) is 8.01. The highest BCUT2D eigenvalue weighted by atomic mass is 19.4. The molecule has 4 nitrogen and oxygen atoms in total. The largest absolute Gasteiger partial charge is 0.481 e. The molecule has 1 amide bonds. The maximum Gasteiger partial charge on any atom is 0.389 e. The Hall–Kier alpha value is -2.83. The van der Waals surface area contributed by atoms with Crippen molar-refractivity contribution in [1.29, 1.82) is 0 Å². The molecule has 0 radical (unpaired) electrons. The van der Waals surface area contributed by atoms with Crippen LogP contribution in [0.1, 0.15) is 34.3 Å². The highest BCUT2D eigenvalue weighted by Crippen LogP contribution is 2.22. The van der Waals surface area contributed by atoms with Crippen molar-refractivity contribution in [2.45, 2.75) is 31.9 Å². The molecule has 0 spiro atoms. The number of aliphatic carboxylic acids is 1. The summed E-state index contributed by atoms with van der Waals surface area (Å²) in [6, 6.07) is 12.8. The van der Waals surface area contributed by atoms with Gasteiger partial charge >= 0.3 is 12.1 Å². The van der Waals surface area contributed by atoms with E-state index in [9.17, 15) is 22.8 Å². The third-order valence-electron chi connectivity index (χ3n) is 3.75. The SMILES string of the molecule is O=C(O)CCc1ccc(NC(=O)c2ccc(CCC(F)(F)F)cc2)cc1. The smallest absolute Gasteiger partial charge is 0.389 e. The lowest BCUT2D eigenvalue weighted by atomic mass is 10.1. The van der Waals surface area contributed by atoms with Gasteiger partial charge in [0.1, 0.15) is 0 Å². The average molecular weight is 365 g/mol. The van der Waals surface area contributed by atoms with Crippen LogP contribution in [0.5, 0.6) is 0 Å². The molecule has 0 atom stereocenters. The monoisotopic (exact) mass is 365 g/mol. The third kappa shape index (κ3) is 6.58. The summed E-state index contributed by atoms with van der Waals surface area (Å²) in [6.07, 6.45) is -4.78. The van der Waals surface area contributed by atoms with E-state index in [-0.39, 0.29) is 18.7 Å². The zero-order valence-electron chi connectivity index (χ0n) is 13.8. The second-order valence-electron chi connectivity index (χ2n) is 5.86. The fraction of sp³-hybridized carbons (Fsp3) is 0.263. The molecule has 2 aromatic rings. The molecule has 0 fully saturated rings. The summed E-state index contributed by atoms with van der Waals surface area (Å²) in [4.78, 5) is 22.7. The Bertz CT molecular complexity index is 753. The summed E-state index contributed by atoms with van der Waals surface area (Å²) in [7, 11) is 0. The Morgan fingerprint density at radius 1 is 0.885 bits per heavy atom. The maximum absolute atomic E-state index is 12.2. The average Bonchev–Trinajstić information content (AvgIpc) is 2.59. The van der Waals surface area contributed by atoms with Gasteiger partial charge in [-0.3, -0.25) is 9.59 Å². The highest BCUT2D eigenvalue weighted by Gasteiger charge is 2.26. The van der Waals surface area contributed by atoms with Crippen molar-refractivity contribution >= 4 is 17.6 Å². The number of alkyl halides is 3. The molecule has 0 aliphatic heterocycles. The topological polar surface area (TPSA) is 66.4 Å². The minimum atomic E-state index is -4.20. The van der Waals surface area contributed by atoms with E-state index in [1.54, 1.807) is 24.3 Å². The van der Waals surface area contributed by atoms with Gasteiger partial charge < -0.3 is 10.4 Å². The van der Waals surface area contributed by atoms with E-state index in [1.807, 2.05) is 0 Å².